The summed E-state index contributed by atoms with van der Waals surface area (Å²) in [7, 11) is 0. The van der Waals surface area contributed by atoms with Crippen molar-refractivity contribution in [1.82, 2.24) is 14.7 Å². The molecule has 0 fully saturated rings. The number of hydrogen-bond donors (Lipinski definition) is 2. The van der Waals surface area contributed by atoms with E-state index in [2.05, 4.69) is 34.6 Å². The van der Waals surface area contributed by atoms with Crippen molar-refractivity contribution in [3.63, 3.8) is 0 Å². The first-order chi connectivity index (χ1) is 12.6. The highest BCUT2D eigenvalue weighted by Gasteiger charge is 2.20. The maximum Gasteiger partial charge on any atom is 0.251 e. The lowest BCUT2D eigenvalue weighted by atomic mass is 9.97. The van der Waals surface area contributed by atoms with Gasteiger partial charge < -0.3 is 15.5 Å². The van der Waals surface area contributed by atoms with Gasteiger partial charge in [0, 0.05) is 17.8 Å². The quantitative estimate of drug-likeness (QED) is 0.596. The molecule has 4 rings (SSSR count). The monoisotopic (exact) mass is 344 g/mol. The van der Waals surface area contributed by atoms with Crippen molar-refractivity contribution in [2.45, 2.75) is 19.0 Å². The number of carbonyl (C=O) groups is 1. The van der Waals surface area contributed by atoms with E-state index in [9.17, 15) is 4.79 Å². The molecule has 0 aliphatic heterocycles. The standard InChI is InChI=1S/C21H20N4O/c1-14(22)20(17-7-6-15-4-2-3-5-16(15)10-17)24-21(26)18-8-9-25-13-23-12-19(25)11-18/h2-14,20H,22H2,1H3,(H,24,26). The zero-order valence-electron chi connectivity index (χ0n) is 14.5. The van der Waals surface area contributed by atoms with E-state index in [1.165, 1.54) is 0 Å². The van der Waals surface area contributed by atoms with Gasteiger partial charge in [-0.1, -0.05) is 36.4 Å². The Balaban J connectivity index is 1.64. The Morgan fingerprint density at radius 3 is 2.73 bits per heavy atom. The van der Waals surface area contributed by atoms with E-state index in [-0.39, 0.29) is 18.0 Å². The maximum absolute atomic E-state index is 12.8. The van der Waals surface area contributed by atoms with E-state index in [0.29, 0.717) is 5.56 Å². The van der Waals surface area contributed by atoms with Crippen LogP contribution in [0.4, 0.5) is 0 Å². The molecule has 3 N–H and O–H groups in total. The number of carbonyl (C=O) groups excluding carboxylic acids is 1. The number of amides is 1. The van der Waals surface area contributed by atoms with Gasteiger partial charge in [0.1, 0.15) is 0 Å². The summed E-state index contributed by atoms with van der Waals surface area (Å²) in [5.74, 6) is -0.149. The van der Waals surface area contributed by atoms with Crippen molar-refractivity contribution < 1.29 is 4.79 Å². The van der Waals surface area contributed by atoms with Crippen molar-refractivity contribution >= 4 is 22.2 Å². The summed E-state index contributed by atoms with van der Waals surface area (Å²) >= 11 is 0. The number of fused-ring (bicyclic) bond motifs is 2. The number of pyridine rings is 1. The normalized spacial score (nSPS) is 13.6. The van der Waals surface area contributed by atoms with Gasteiger partial charge in [-0.2, -0.15) is 0 Å². The van der Waals surface area contributed by atoms with Crippen LogP contribution >= 0.6 is 0 Å². The molecule has 4 aromatic rings. The summed E-state index contributed by atoms with van der Waals surface area (Å²) in [5.41, 5.74) is 8.65. The number of aromatic nitrogens is 2. The summed E-state index contributed by atoms with van der Waals surface area (Å²) in [4.78, 5) is 16.8. The summed E-state index contributed by atoms with van der Waals surface area (Å²) in [6.45, 7) is 1.90. The van der Waals surface area contributed by atoms with Crippen LogP contribution in [0.25, 0.3) is 16.3 Å². The van der Waals surface area contributed by atoms with E-state index >= 15 is 0 Å². The molecule has 2 aromatic carbocycles. The van der Waals surface area contributed by atoms with Crippen molar-refractivity contribution in [2.75, 3.05) is 0 Å². The van der Waals surface area contributed by atoms with Crippen LogP contribution in [-0.4, -0.2) is 21.3 Å². The Morgan fingerprint density at radius 1 is 1.12 bits per heavy atom. The fourth-order valence-corrected chi connectivity index (χ4v) is 3.20. The number of benzene rings is 2. The fraction of sp³-hybridized carbons (Fsp3) is 0.143. The average Bonchev–Trinajstić information content (AvgIpc) is 3.13. The second kappa shape index (κ2) is 6.61. The summed E-state index contributed by atoms with van der Waals surface area (Å²) < 4.78 is 1.86. The number of nitrogens with one attached hydrogen (secondary N) is 1. The van der Waals surface area contributed by atoms with Gasteiger partial charge >= 0.3 is 0 Å². The minimum atomic E-state index is -0.270. The van der Waals surface area contributed by atoms with Gasteiger partial charge in [0.05, 0.1) is 24.1 Å². The molecule has 130 valence electrons. The SMILES string of the molecule is CC(N)C(NC(=O)c1ccn2cncc2c1)c1ccc2ccccc2c1. The largest absolute Gasteiger partial charge is 0.344 e. The molecule has 2 unspecified atom stereocenters. The number of nitrogens with two attached hydrogens (primary N) is 1. The van der Waals surface area contributed by atoms with Crippen molar-refractivity contribution in [2.24, 2.45) is 5.73 Å². The van der Waals surface area contributed by atoms with Crippen LogP contribution in [0.1, 0.15) is 28.9 Å². The molecule has 0 spiro atoms. The van der Waals surface area contributed by atoms with Crippen LogP contribution in [-0.2, 0) is 0 Å². The number of imidazole rings is 1. The Hall–Kier alpha value is -3.18. The zero-order valence-corrected chi connectivity index (χ0v) is 14.5. The van der Waals surface area contributed by atoms with Crippen LogP contribution in [0.15, 0.2) is 73.3 Å². The van der Waals surface area contributed by atoms with Crippen molar-refractivity contribution in [3.8, 4) is 0 Å². The van der Waals surface area contributed by atoms with Gasteiger partial charge in [-0.25, -0.2) is 4.98 Å². The van der Waals surface area contributed by atoms with Crippen molar-refractivity contribution in [3.05, 3.63) is 84.4 Å². The summed E-state index contributed by atoms with van der Waals surface area (Å²) in [6.07, 6.45) is 5.26. The molecule has 5 nitrogen and oxygen atoms in total. The van der Waals surface area contributed by atoms with Gasteiger partial charge in [-0.3, -0.25) is 4.79 Å². The number of rotatable bonds is 4. The molecule has 2 aromatic heterocycles. The molecule has 2 atom stereocenters. The summed E-state index contributed by atoms with van der Waals surface area (Å²) in [5, 5.41) is 5.37. The van der Waals surface area contributed by atoms with Crippen LogP contribution in [0.3, 0.4) is 0 Å². The Bertz CT molecular complexity index is 1080. The van der Waals surface area contributed by atoms with E-state index in [4.69, 9.17) is 5.73 Å². The molecule has 1 amide bonds. The van der Waals surface area contributed by atoms with Gasteiger partial charge in [0.2, 0.25) is 0 Å². The van der Waals surface area contributed by atoms with Crippen LogP contribution in [0, 0.1) is 0 Å². The third kappa shape index (κ3) is 3.05. The van der Waals surface area contributed by atoms with E-state index in [0.717, 1.165) is 21.9 Å². The van der Waals surface area contributed by atoms with Crippen LogP contribution in [0.2, 0.25) is 0 Å². The highest BCUT2D eigenvalue weighted by atomic mass is 16.1. The van der Waals surface area contributed by atoms with Gasteiger partial charge in [-0.15, -0.1) is 0 Å². The topological polar surface area (TPSA) is 72.4 Å². The molecular weight excluding hydrogens is 324 g/mol. The van der Waals surface area contributed by atoms with E-state index in [1.54, 1.807) is 18.6 Å². The predicted octanol–water partition coefficient (Wildman–Crippen LogP) is 3.31. The molecule has 0 bridgehead atoms. The minimum absolute atomic E-state index is 0.149. The van der Waals surface area contributed by atoms with Crippen LogP contribution < -0.4 is 11.1 Å². The van der Waals surface area contributed by atoms with E-state index in [1.807, 2.05) is 41.8 Å². The molecule has 0 radical (unpaired) electrons. The van der Waals surface area contributed by atoms with Gasteiger partial charge in [0.25, 0.3) is 5.91 Å². The minimum Gasteiger partial charge on any atom is -0.344 e. The van der Waals surface area contributed by atoms with Crippen LogP contribution in [0.5, 0.6) is 0 Å². The molecule has 0 aliphatic rings. The molecule has 26 heavy (non-hydrogen) atoms. The average molecular weight is 344 g/mol. The molecule has 5 heteroatoms. The molecular formula is C21H20N4O. The first-order valence-electron chi connectivity index (χ1n) is 8.59. The third-order valence-electron chi connectivity index (χ3n) is 4.62. The Labute approximate surface area is 151 Å². The van der Waals surface area contributed by atoms with Gasteiger partial charge in [-0.05, 0) is 41.5 Å². The lowest BCUT2D eigenvalue weighted by Crippen LogP contribution is -2.39. The van der Waals surface area contributed by atoms with E-state index < -0.39 is 0 Å². The summed E-state index contributed by atoms with van der Waals surface area (Å²) in [6, 6.07) is 17.4. The van der Waals surface area contributed by atoms with Crippen molar-refractivity contribution in [1.29, 1.82) is 0 Å². The maximum atomic E-state index is 12.8. The zero-order chi connectivity index (χ0) is 18.1. The molecule has 0 aliphatic carbocycles. The molecule has 0 saturated carbocycles. The molecule has 0 saturated heterocycles. The Kier molecular flexibility index (Phi) is 4.14. The highest BCUT2D eigenvalue weighted by Crippen LogP contribution is 2.22. The highest BCUT2D eigenvalue weighted by molar-refractivity contribution is 5.95. The van der Waals surface area contributed by atoms with Gasteiger partial charge in [0.15, 0.2) is 0 Å². The second-order valence-electron chi connectivity index (χ2n) is 6.56. The Morgan fingerprint density at radius 2 is 1.92 bits per heavy atom. The lowest BCUT2D eigenvalue weighted by Gasteiger charge is -2.23. The predicted molar refractivity (Wildman–Crippen MR) is 103 cm³/mol. The number of nitrogens with zero attached hydrogens (tertiary/aromatic N) is 2. The second-order valence-corrected chi connectivity index (χ2v) is 6.56. The lowest BCUT2D eigenvalue weighted by molar-refractivity contribution is 0.0931. The first kappa shape index (κ1) is 16.3. The smallest absolute Gasteiger partial charge is 0.251 e. The molecule has 2 heterocycles. The number of hydrogen-bond acceptors (Lipinski definition) is 3. The fourth-order valence-electron chi connectivity index (χ4n) is 3.20. The third-order valence-corrected chi connectivity index (χ3v) is 4.62. The first-order valence-corrected chi connectivity index (χ1v) is 8.59.